The van der Waals surface area contributed by atoms with Gasteiger partial charge in [-0.3, -0.25) is 0 Å². The minimum absolute atomic E-state index is 0.0939. The molecule has 1 rings (SSSR count). The zero-order valence-electron chi connectivity index (χ0n) is 9.30. The molecule has 1 aromatic rings. The van der Waals surface area contributed by atoms with E-state index in [0.29, 0.717) is 18.1 Å². The van der Waals surface area contributed by atoms with Crippen LogP contribution in [0.5, 0.6) is 0 Å². The summed E-state index contributed by atoms with van der Waals surface area (Å²) in [6, 6.07) is 0. The van der Waals surface area contributed by atoms with Crippen LogP contribution in [0.3, 0.4) is 0 Å². The molecule has 1 heterocycles. The fourth-order valence-electron chi connectivity index (χ4n) is 1.02. The highest BCUT2D eigenvalue weighted by Crippen LogP contribution is 1.98. The van der Waals surface area contributed by atoms with Gasteiger partial charge in [0.05, 0.1) is 5.25 Å². The minimum Gasteiger partial charge on any atom is -0.340 e. The molecule has 0 aliphatic rings. The Morgan fingerprint density at radius 2 is 2.25 bits per heavy atom. The number of hydrogen-bond donors (Lipinski definition) is 2. The topological polar surface area (TPSA) is 111 Å². The van der Waals surface area contributed by atoms with E-state index < -0.39 is 15.3 Å². The Balaban J connectivity index is 2.41. The van der Waals surface area contributed by atoms with Crippen molar-refractivity contribution < 1.29 is 12.9 Å². The first-order valence-corrected chi connectivity index (χ1v) is 6.48. The number of nitrogens with zero attached hydrogens (tertiary/aromatic N) is 2. The lowest BCUT2D eigenvalue weighted by Gasteiger charge is -2.10. The Morgan fingerprint density at radius 1 is 1.56 bits per heavy atom. The third-order valence-electron chi connectivity index (χ3n) is 2.08. The second-order valence-electron chi connectivity index (χ2n) is 3.47. The summed E-state index contributed by atoms with van der Waals surface area (Å²) >= 11 is 0. The predicted molar refractivity (Wildman–Crippen MR) is 58.2 cm³/mol. The predicted octanol–water partition coefficient (Wildman–Crippen LogP) is -0.813. The minimum atomic E-state index is -3.33. The zero-order chi connectivity index (χ0) is 12.2. The molecule has 1 aromatic heterocycles. The SMILES string of the molecule is Cc1nc(CCNS(=O)(=O)C(C)CN)no1. The molecule has 0 aromatic carbocycles. The largest absolute Gasteiger partial charge is 0.340 e. The van der Waals surface area contributed by atoms with Crippen LogP contribution in [0, 0.1) is 6.92 Å². The molecule has 0 aliphatic carbocycles. The van der Waals surface area contributed by atoms with E-state index in [9.17, 15) is 8.42 Å². The fourth-order valence-corrected chi connectivity index (χ4v) is 1.94. The summed E-state index contributed by atoms with van der Waals surface area (Å²) < 4.78 is 30.2. The molecule has 0 aliphatic heterocycles. The van der Waals surface area contributed by atoms with Crippen molar-refractivity contribution in [3.63, 3.8) is 0 Å². The average Bonchev–Trinajstić information content (AvgIpc) is 2.62. The smallest absolute Gasteiger partial charge is 0.223 e. The molecule has 0 bridgehead atoms. The van der Waals surface area contributed by atoms with Gasteiger partial charge in [-0.05, 0) is 6.92 Å². The number of nitrogens with two attached hydrogens (primary N) is 1. The molecule has 1 atom stereocenters. The summed E-state index contributed by atoms with van der Waals surface area (Å²) in [4.78, 5) is 3.96. The van der Waals surface area contributed by atoms with Gasteiger partial charge in [-0.1, -0.05) is 5.16 Å². The lowest BCUT2D eigenvalue weighted by molar-refractivity contribution is 0.387. The summed E-state index contributed by atoms with van der Waals surface area (Å²) in [5.74, 6) is 0.953. The van der Waals surface area contributed by atoms with Gasteiger partial charge in [-0.2, -0.15) is 4.98 Å². The number of aryl methyl sites for hydroxylation is 1. The molecular formula is C8H16N4O3S. The number of hydrogen-bond acceptors (Lipinski definition) is 6. The van der Waals surface area contributed by atoms with E-state index in [-0.39, 0.29) is 13.1 Å². The first-order chi connectivity index (χ1) is 7.45. The summed E-state index contributed by atoms with van der Waals surface area (Å²) in [6.07, 6.45) is 0.397. The highest BCUT2D eigenvalue weighted by Gasteiger charge is 2.18. The number of nitrogens with one attached hydrogen (secondary N) is 1. The van der Waals surface area contributed by atoms with Gasteiger partial charge in [-0.15, -0.1) is 0 Å². The van der Waals surface area contributed by atoms with Crippen molar-refractivity contribution in [1.29, 1.82) is 0 Å². The van der Waals surface area contributed by atoms with Crippen molar-refractivity contribution in [1.82, 2.24) is 14.9 Å². The molecule has 0 amide bonds. The molecular weight excluding hydrogens is 232 g/mol. The lowest BCUT2D eigenvalue weighted by Crippen LogP contribution is -2.38. The molecule has 1 unspecified atom stereocenters. The van der Waals surface area contributed by atoms with E-state index in [4.69, 9.17) is 10.3 Å². The van der Waals surface area contributed by atoms with Crippen molar-refractivity contribution in [2.75, 3.05) is 13.1 Å². The van der Waals surface area contributed by atoms with Gasteiger partial charge in [0.25, 0.3) is 0 Å². The maximum Gasteiger partial charge on any atom is 0.223 e. The van der Waals surface area contributed by atoms with E-state index in [1.54, 1.807) is 13.8 Å². The Labute approximate surface area is 94.5 Å². The van der Waals surface area contributed by atoms with E-state index in [1.165, 1.54) is 0 Å². The first-order valence-electron chi connectivity index (χ1n) is 4.93. The molecule has 16 heavy (non-hydrogen) atoms. The summed E-state index contributed by atoms with van der Waals surface area (Å²) in [5, 5.41) is 3.06. The summed E-state index contributed by atoms with van der Waals surface area (Å²) in [7, 11) is -3.33. The lowest BCUT2D eigenvalue weighted by atomic mass is 10.4. The van der Waals surface area contributed by atoms with Crippen molar-refractivity contribution in [3.05, 3.63) is 11.7 Å². The van der Waals surface area contributed by atoms with Gasteiger partial charge in [0, 0.05) is 26.4 Å². The zero-order valence-corrected chi connectivity index (χ0v) is 10.1. The summed E-state index contributed by atoms with van der Waals surface area (Å²) in [6.45, 7) is 3.57. The highest BCUT2D eigenvalue weighted by atomic mass is 32.2. The maximum atomic E-state index is 11.5. The van der Waals surface area contributed by atoms with Crippen LogP contribution in [0.25, 0.3) is 0 Å². The van der Waals surface area contributed by atoms with Gasteiger partial charge >= 0.3 is 0 Å². The Hall–Kier alpha value is -0.990. The van der Waals surface area contributed by atoms with Crippen LogP contribution >= 0.6 is 0 Å². The van der Waals surface area contributed by atoms with E-state index in [1.807, 2.05) is 0 Å². The standard InChI is InChI=1S/C8H16N4O3S/c1-6(5-9)16(13,14)10-4-3-8-11-7(2)15-12-8/h6,10H,3-5,9H2,1-2H3. The van der Waals surface area contributed by atoms with Crippen molar-refractivity contribution in [2.45, 2.75) is 25.5 Å². The molecule has 0 spiro atoms. The van der Waals surface area contributed by atoms with Gasteiger partial charge in [0.1, 0.15) is 0 Å². The summed E-state index contributed by atoms with van der Waals surface area (Å²) in [5.41, 5.74) is 5.29. The highest BCUT2D eigenvalue weighted by molar-refractivity contribution is 7.90. The molecule has 8 heteroatoms. The second kappa shape index (κ2) is 5.37. The normalized spacial score (nSPS) is 13.9. The van der Waals surface area contributed by atoms with Crippen LogP contribution in [-0.4, -0.2) is 36.9 Å². The maximum absolute atomic E-state index is 11.5. The van der Waals surface area contributed by atoms with Gasteiger partial charge in [0.15, 0.2) is 5.82 Å². The van der Waals surface area contributed by atoms with E-state index in [0.717, 1.165) is 0 Å². The third kappa shape index (κ3) is 3.54. The Bertz CT molecular complexity index is 428. The van der Waals surface area contributed by atoms with Gasteiger partial charge in [0.2, 0.25) is 15.9 Å². The monoisotopic (exact) mass is 248 g/mol. The number of sulfonamides is 1. The molecule has 7 nitrogen and oxygen atoms in total. The van der Waals surface area contributed by atoms with Crippen LogP contribution in [0.2, 0.25) is 0 Å². The fraction of sp³-hybridized carbons (Fsp3) is 0.750. The van der Waals surface area contributed by atoms with E-state index >= 15 is 0 Å². The van der Waals surface area contributed by atoms with Crippen molar-refractivity contribution in [3.8, 4) is 0 Å². The van der Waals surface area contributed by atoms with Crippen LogP contribution in [0.15, 0.2) is 4.52 Å². The molecule has 0 fully saturated rings. The van der Waals surface area contributed by atoms with Crippen LogP contribution < -0.4 is 10.5 Å². The molecule has 92 valence electrons. The Kier molecular flexibility index (Phi) is 4.39. The molecule has 0 saturated heterocycles. The van der Waals surface area contributed by atoms with Gasteiger partial charge < -0.3 is 10.3 Å². The van der Waals surface area contributed by atoms with Crippen LogP contribution in [0.1, 0.15) is 18.6 Å². The van der Waals surface area contributed by atoms with Gasteiger partial charge in [-0.25, -0.2) is 13.1 Å². The van der Waals surface area contributed by atoms with E-state index in [2.05, 4.69) is 14.9 Å². The van der Waals surface area contributed by atoms with Crippen LogP contribution in [-0.2, 0) is 16.4 Å². The molecule has 3 N–H and O–H groups in total. The van der Waals surface area contributed by atoms with Crippen molar-refractivity contribution >= 4 is 10.0 Å². The number of aromatic nitrogens is 2. The number of rotatable bonds is 6. The molecule has 0 radical (unpaired) electrons. The Morgan fingerprint density at radius 3 is 2.75 bits per heavy atom. The molecule has 0 saturated carbocycles. The third-order valence-corrected chi connectivity index (χ3v) is 3.94. The quantitative estimate of drug-likeness (QED) is 0.681. The van der Waals surface area contributed by atoms with Crippen LogP contribution in [0.4, 0.5) is 0 Å². The second-order valence-corrected chi connectivity index (χ2v) is 5.65. The first kappa shape index (κ1) is 13.1. The average molecular weight is 248 g/mol. The van der Waals surface area contributed by atoms with Crippen molar-refractivity contribution in [2.24, 2.45) is 5.73 Å².